The Morgan fingerprint density at radius 1 is 1.14 bits per heavy atom. The van der Waals surface area contributed by atoms with Crippen LogP contribution in [0.15, 0.2) is 54.6 Å². The minimum absolute atomic E-state index is 0.140. The lowest BCUT2D eigenvalue weighted by atomic mass is 10.1. The number of para-hydroxylation sites is 1. The van der Waals surface area contributed by atoms with Gasteiger partial charge in [-0.1, -0.05) is 53.8 Å². The van der Waals surface area contributed by atoms with Crippen LogP contribution < -0.4 is 10.6 Å². The predicted molar refractivity (Wildman–Crippen MR) is 88.0 cm³/mol. The van der Waals surface area contributed by atoms with Crippen molar-refractivity contribution in [3.8, 4) is 0 Å². The van der Waals surface area contributed by atoms with E-state index in [1.54, 1.807) is 0 Å². The highest BCUT2D eigenvalue weighted by Crippen LogP contribution is 2.25. The number of fused-ring (bicyclic) bond motifs is 1. The van der Waals surface area contributed by atoms with E-state index in [0.717, 1.165) is 15.8 Å². The number of thiazole rings is 1. The number of aliphatic hydroxyl groups excluding tert-OH is 1. The second-order valence-electron chi connectivity index (χ2n) is 4.75. The minimum Gasteiger partial charge on any atom is -0.387 e. The molecule has 5 nitrogen and oxygen atoms in total. The SMILES string of the molecule is O=C(NCC(O)c1ccccc1)Nc1nc2ccccc2s1. The Morgan fingerprint density at radius 2 is 1.86 bits per heavy atom. The fraction of sp³-hybridized carbons (Fsp3) is 0.125. The molecule has 2 aromatic carbocycles. The van der Waals surface area contributed by atoms with Gasteiger partial charge in [-0.15, -0.1) is 0 Å². The van der Waals surface area contributed by atoms with Gasteiger partial charge in [0.15, 0.2) is 5.13 Å². The molecule has 0 aliphatic heterocycles. The summed E-state index contributed by atoms with van der Waals surface area (Å²) in [6.07, 6.45) is -0.734. The lowest BCUT2D eigenvalue weighted by Gasteiger charge is -2.12. The summed E-state index contributed by atoms with van der Waals surface area (Å²) in [4.78, 5) is 16.2. The number of hydrogen-bond acceptors (Lipinski definition) is 4. The standard InChI is InChI=1S/C16H15N3O2S/c20-13(11-6-2-1-3-7-11)10-17-15(21)19-16-18-12-8-4-5-9-14(12)22-16/h1-9,13,20H,10H2,(H2,17,18,19,21). The molecule has 6 heteroatoms. The Kier molecular flexibility index (Phi) is 4.32. The molecule has 112 valence electrons. The van der Waals surface area contributed by atoms with E-state index >= 15 is 0 Å². The second-order valence-corrected chi connectivity index (χ2v) is 5.78. The van der Waals surface area contributed by atoms with Crippen molar-refractivity contribution in [2.24, 2.45) is 0 Å². The molecule has 1 atom stereocenters. The maximum absolute atomic E-state index is 11.9. The first kappa shape index (κ1) is 14.5. The molecule has 1 aromatic heterocycles. The zero-order chi connectivity index (χ0) is 15.4. The van der Waals surface area contributed by atoms with E-state index in [-0.39, 0.29) is 12.6 Å². The highest BCUT2D eigenvalue weighted by atomic mass is 32.1. The van der Waals surface area contributed by atoms with E-state index in [2.05, 4.69) is 15.6 Å². The number of aromatic nitrogens is 1. The Morgan fingerprint density at radius 3 is 2.64 bits per heavy atom. The number of carbonyl (C=O) groups excluding carboxylic acids is 1. The van der Waals surface area contributed by atoms with Crippen molar-refractivity contribution in [3.63, 3.8) is 0 Å². The summed E-state index contributed by atoms with van der Waals surface area (Å²) in [6, 6.07) is 16.5. The van der Waals surface area contributed by atoms with Gasteiger partial charge in [0.1, 0.15) is 0 Å². The summed E-state index contributed by atoms with van der Waals surface area (Å²) >= 11 is 1.41. The van der Waals surface area contributed by atoms with Gasteiger partial charge in [0, 0.05) is 6.54 Å². The van der Waals surface area contributed by atoms with Crippen LogP contribution in [0.25, 0.3) is 10.2 Å². The Bertz CT molecular complexity index is 740. The molecular weight excluding hydrogens is 298 g/mol. The lowest BCUT2D eigenvalue weighted by molar-refractivity contribution is 0.175. The summed E-state index contributed by atoms with van der Waals surface area (Å²) in [5.74, 6) is 0. The summed E-state index contributed by atoms with van der Waals surface area (Å²) in [6.45, 7) is 0.140. The third-order valence-electron chi connectivity index (χ3n) is 3.15. The normalized spacial score (nSPS) is 12.0. The number of benzene rings is 2. The molecule has 3 rings (SSSR count). The number of amides is 2. The molecule has 0 spiro atoms. The zero-order valence-electron chi connectivity index (χ0n) is 11.7. The van der Waals surface area contributed by atoms with Crippen LogP contribution in [0.2, 0.25) is 0 Å². The van der Waals surface area contributed by atoms with E-state index in [9.17, 15) is 9.90 Å². The van der Waals surface area contributed by atoms with Crippen LogP contribution in [-0.4, -0.2) is 22.7 Å². The maximum Gasteiger partial charge on any atom is 0.321 e. The van der Waals surface area contributed by atoms with E-state index in [0.29, 0.717) is 5.13 Å². The maximum atomic E-state index is 11.9. The summed E-state index contributed by atoms with van der Waals surface area (Å²) in [5, 5.41) is 15.9. The van der Waals surface area contributed by atoms with Crippen molar-refractivity contribution in [3.05, 3.63) is 60.2 Å². The predicted octanol–water partition coefficient (Wildman–Crippen LogP) is 3.15. The van der Waals surface area contributed by atoms with Gasteiger partial charge in [-0.05, 0) is 17.7 Å². The molecule has 0 saturated carbocycles. The quantitative estimate of drug-likeness (QED) is 0.692. The molecule has 0 aliphatic rings. The first-order valence-electron chi connectivity index (χ1n) is 6.86. The highest BCUT2D eigenvalue weighted by Gasteiger charge is 2.10. The van der Waals surface area contributed by atoms with Gasteiger partial charge in [-0.3, -0.25) is 5.32 Å². The number of urea groups is 1. The van der Waals surface area contributed by atoms with Gasteiger partial charge in [0.25, 0.3) is 0 Å². The first-order chi connectivity index (χ1) is 10.7. The van der Waals surface area contributed by atoms with Crippen molar-refractivity contribution in [1.29, 1.82) is 0 Å². The van der Waals surface area contributed by atoms with Crippen molar-refractivity contribution < 1.29 is 9.90 Å². The Hall–Kier alpha value is -2.44. The minimum atomic E-state index is -0.734. The zero-order valence-corrected chi connectivity index (χ0v) is 12.5. The summed E-state index contributed by atoms with van der Waals surface area (Å²) in [7, 11) is 0. The van der Waals surface area contributed by atoms with Crippen LogP contribution >= 0.6 is 11.3 Å². The van der Waals surface area contributed by atoms with Gasteiger partial charge in [0.05, 0.1) is 16.3 Å². The average Bonchev–Trinajstić information content (AvgIpc) is 2.95. The van der Waals surface area contributed by atoms with Crippen molar-refractivity contribution >= 4 is 32.7 Å². The molecule has 3 aromatic rings. The van der Waals surface area contributed by atoms with Crippen molar-refractivity contribution in [2.45, 2.75) is 6.10 Å². The van der Waals surface area contributed by atoms with Crippen LogP contribution in [0.3, 0.4) is 0 Å². The average molecular weight is 313 g/mol. The molecule has 0 saturated heterocycles. The molecular formula is C16H15N3O2S. The first-order valence-corrected chi connectivity index (χ1v) is 7.67. The molecule has 3 N–H and O–H groups in total. The van der Waals surface area contributed by atoms with Crippen LogP contribution in [-0.2, 0) is 0 Å². The van der Waals surface area contributed by atoms with Crippen LogP contribution in [0.4, 0.5) is 9.93 Å². The molecule has 0 aliphatic carbocycles. The van der Waals surface area contributed by atoms with E-state index in [1.807, 2.05) is 54.6 Å². The molecule has 0 radical (unpaired) electrons. The van der Waals surface area contributed by atoms with Gasteiger partial charge in [-0.2, -0.15) is 0 Å². The largest absolute Gasteiger partial charge is 0.387 e. The third kappa shape index (κ3) is 3.41. The number of hydrogen-bond donors (Lipinski definition) is 3. The molecule has 22 heavy (non-hydrogen) atoms. The molecule has 1 heterocycles. The summed E-state index contributed by atoms with van der Waals surface area (Å²) < 4.78 is 1.02. The Balaban J connectivity index is 1.56. The van der Waals surface area contributed by atoms with Crippen LogP contribution in [0, 0.1) is 0 Å². The molecule has 0 fully saturated rings. The van der Waals surface area contributed by atoms with Gasteiger partial charge in [0.2, 0.25) is 0 Å². The number of nitrogens with one attached hydrogen (secondary N) is 2. The smallest absolute Gasteiger partial charge is 0.321 e. The van der Waals surface area contributed by atoms with E-state index in [1.165, 1.54) is 11.3 Å². The summed E-state index contributed by atoms with van der Waals surface area (Å²) in [5.41, 5.74) is 1.62. The third-order valence-corrected chi connectivity index (χ3v) is 4.11. The second kappa shape index (κ2) is 6.55. The van der Waals surface area contributed by atoms with Crippen LogP contribution in [0.1, 0.15) is 11.7 Å². The van der Waals surface area contributed by atoms with E-state index < -0.39 is 6.10 Å². The number of rotatable bonds is 4. The monoisotopic (exact) mass is 313 g/mol. The van der Waals surface area contributed by atoms with Gasteiger partial charge in [-0.25, -0.2) is 9.78 Å². The number of aliphatic hydroxyl groups is 1. The molecule has 0 bridgehead atoms. The molecule has 2 amide bonds. The highest BCUT2D eigenvalue weighted by molar-refractivity contribution is 7.22. The van der Waals surface area contributed by atoms with Gasteiger partial charge >= 0.3 is 6.03 Å². The van der Waals surface area contributed by atoms with Gasteiger partial charge < -0.3 is 10.4 Å². The number of anilines is 1. The fourth-order valence-electron chi connectivity index (χ4n) is 2.05. The molecule has 1 unspecified atom stereocenters. The fourth-order valence-corrected chi connectivity index (χ4v) is 2.91. The lowest BCUT2D eigenvalue weighted by Crippen LogP contribution is -2.32. The number of nitrogens with zero attached hydrogens (tertiary/aromatic N) is 1. The van der Waals surface area contributed by atoms with Crippen LogP contribution in [0.5, 0.6) is 0 Å². The van der Waals surface area contributed by atoms with E-state index in [4.69, 9.17) is 0 Å². The van der Waals surface area contributed by atoms with Crippen molar-refractivity contribution in [2.75, 3.05) is 11.9 Å². The van der Waals surface area contributed by atoms with Crippen molar-refractivity contribution in [1.82, 2.24) is 10.3 Å². The topological polar surface area (TPSA) is 74.2 Å². The number of carbonyl (C=O) groups is 1. The Labute approximate surface area is 131 Å².